The molecule has 4 N–H and O–H groups in total. The number of imidazole rings is 1. The van der Waals surface area contributed by atoms with Crippen LogP contribution in [0, 0.1) is 0 Å². The third kappa shape index (κ3) is 4.81. The molecule has 8 nitrogen and oxygen atoms in total. The van der Waals surface area contributed by atoms with Crippen LogP contribution in [0.25, 0.3) is 0 Å². The lowest BCUT2D eigenvalue weighted by Gasteiger charge is -2.13. The Balaban J connectivity index is 1.90. The zero-order chi connectivity index (χ0) is 15.9. The Bertz CT molecular complexity index is 582. The number of hydrogen-bond acceptors (Lipinski definition) is 6. The van der Waals surface area contributed by atoms with Crippen molar-refractivity contribution in [3.63, 3.8) is 0 Å². The topological polar surface area (TPSA) is 116 Å². The largest absolute Gasteiger partial charge is 0.480 e. The van der Waals surface area contributed by atoms with Crippen LogP contribution >= 0.6 is 0 Å². The normalized spacial score (nSPS) is 12.3. The maximum Gasteiger partial charge on any atom is 0.321 e. The van der Waals surface area contributed by atoms with Gasteiger partial charge in [-0.1, -0.05) is 0 Å². The van der Waals surface area contributed by atoms with E-state index in [1.165, 1.54) is 6.33 Å². The number of aliphatic carboxylic acids is 1. The molecule has 1 atom stereocenters. The van der Waals surface area contributed by atoms with Crippen molar-refractivity contribution in [2.24, 2.45) is 0 Å². The highest BCUT2D eigenvalue weighted by molar-refractivity contribution is 5.73. The highest BCUT2D eigenvalue weighted by Crippen LogP contribution is 2.04. The Morgan fingerprint density at radius 1 is 1.32 bits per heavy atom. The fourth-order valence-corrected chi connectivity index (χ4v) is 1.88. The summed E-state index contributed by atoms with van der Waals surface area (Å²) in [4.78, 5) is 26.4. The SMILES string of the molecule is CC(C)Nc1ncc(CNC(Cc2cnc[nH]2)C(=O)O)cn1. The summed E-state index contributed by atoms with van der Waals surface area (Å²) in [6.45, 7) is 4.39. The van der Waals surface area contributed by atoms with Crippen LogP contribution in [0.1, 0.15) is 25.1 Å². The van der Waals surface area contributed by atoms with E-state index in [0.717, 1.165) is 11.3 Å². The van der Waals surface area contributed by atoms with E-state index >= 15 is 0 Å². The lowest BCUT2D eigenvalue weighted by Crippen LogP contribution is -2.38. The highest BCUT2D eigenvalue weighted by Gasteiger charge is 2.18. The first-order valence-electron chi connectivity index (χ1n) is 7.05. The number of aromatic nitrogens is 4. The minimum atomic E-state index is -0.909. The molecule has 0 saturated carbocycles. The van der Waals surface area contributed by atoms with Gasteiger partial charge in [0.1, 0.15) is 6.04 Å². The summed E-state index contributed by atoms with van der Waals surface area (Å²) in [5.74, 6) is -0.348. The monoisotopic (exact) mass is 304 g/mol. The van der Waals surface area contributed by atoms with Gasteiger partial charge in [0.25, 0.3) is 0 Å². The summed E-state index contributed by atoms with van der Waals surface area (Å²) in [5.41, 5.74) is 1.60. The van der Waals surface area contributed by atoms with Gasteiger partial charge in [0, 0.05) is 48.9 Å². The van der Waals surface area contributed by atoms with Crippen LogP contribution in [0.15, 0.2) is 24.9 Å². The summed E-state index contributed by atoms with van der Waals surface area (Å²) in [7, 11) is 0. The van der Waals surface area contributed by atoms with Crippen molar-refractivity contribution < 1.29 is 9.90 Å². The molecule has 2 heterocycles. The van der Waals surface area contributed by atoms with E-state index < -0.39 is 12.0 Å². The van der Waals surface area contributed by atoms with Crippen molar-refractivity contribution in [1.82, 2.24) is 25.3 Å². The molecule has 0 aliphatic rings. The molecule has 1 unspecified atom stereocenters. The zero-order valence-corrected chi connectivity index (χ0v) is 12.6. The maximum atomic E-state index is 11.3. The predicted octanol–water partition coefficient (Wildman–Crippen LogP) is 0.805. The Labute approximate surface area is 128 Å². The van der Waals surface area contributed by atoms with Crippen LogP contribution in [-0.4, -0.2) is 43.1 Å². The fourth-order valence-electron chi connectivity index (χ4n) is 1.88. The average Bonchev–Trinajstić information content (AvgIpc) is 2.97. The Kier molecular flexibility index (Phi) is 5.42. The molecule has 0 aliphatic heterocycles. The van der Waals surface area contributed by atoms with Crippen LogP contribution in [0.2, 0.25) is 0 Å². The smallest absolute Gasteiger partial charge is 0.321 e. The Morgan fingerprint density at radius 2 is 2.05 bits per heavy atom. The Hall–Kier alpha value is -2.48. The van der Waals surface area contributed by atoms with Crippen molar-refractivity contribution in [3.8, 4) is 0 Å². The van der Waals surface area contributed by atoms with Gasteiger partial charge in [0.2, 0.25) is 5.95 Å². The molecule has 2 rings (SSSR count). The van der Waals surface area contributed by atoms with Gasteiger partial charge in [0.05, 0.1) is 6.33 Å². The molecule has 0 aliphatic carbocycles. The number of anilines is 1. The zero-order valence-electron chi connectivity index (χ0n) is 12.6. The van der Waals surface area contributed by atoms with Gasteiger partial charge in [-0.25, -0.2) is 15.0 Å². The summed E-state index contributed by atoms with van der Waals surface area (Å²) in [6, 6.07) is -0.441. The van der Waals surface area contributed by atoms with Gasteiger partial charge in [-0.2, -0.15) is 0 Å². The molecule has 0 saturated heterocycles. The quantitative estimate of drug-likeness (QED) is 0.570. The summed E-state index contributed by atoms with van der Waals surface area (Å²) < 4.78 is 0. The van der Waals surface area contributed by atoms with E-state index in [0.29, 0.717) is 18.9 Å². The molecule has 0 aromatic carbocycles. The number of aromatic amines is 1. The van der Waals surface area contributed by atoms with Crippen LogP contribution < -0.4 is 10.6 Å². The van der Waals surface area contributed by atoms with E-state index in [-0.39, 0.29) is 6.04 Å². The molecular formula is C14H20N6O2. The van der Waals surface area contributed by atoms with Crippen LogP contribution in [0.4, 0.5) is 5.95 Å². The minimum absolute atomic E-state index is 0.259. The third-order valence-corrected chi connectivity index (χ3v) is 2.95. The first kappa shape index (κ1) is 15.9. The number of carboxylic acids is 1. The number of rotatable bonds is 8. The van der Waals surface area contributed by atoms with E-state index in [2.05, 4.69) is 30.6 Å². The standard InChI is InChI=1S/C14H20N6O2/c1-9(2)20-14-17-5-10(6-18-14)4-16-12(13(21)22)3-11-7-15-8-19-11/h5-9,12,16H,3-4H2,1-2H3,(H,15,19)(H,21,22)(H,17,18,20). The predicted molar refractivity (Wildman–Crippen MR) is 81.3 cm³/mol. The van der Waals surface area contributed by atoms with E-state index in [4.69, 9.17) is 0 Å². The first-order chi connectivity index (χ1) is 10.5. The molecule has 22 heavy (non-hydrogen) atoms. The van der Waals surface area contributed by atoms with Gasteiger partial charge in [-0.3, -0.25) is 10.1 Å². The van der Waals surface area contributed by atoms with Crippen molar-refractivity contribution in [1.29, 1.82) is 0 Å². The first-order valence-corrected chi connectivity index (χ1v) is 7.05. The number of carboxylic acid groups (broad SMARTS) is 1. The molecular weight excluding hydrogens is 284 g/mol. The number of H-pyrrole nitrogens is 1. The van der Waals surface area contributed by atoms with E-state index in [1.807, 2.05) is 13.8 Å². The minimum Gasteiger partial charge on any atom is -0.480 e. The fraction of sp³-hybridized carbons (Fsp3) is 0.429. The average molecular weight is 304 g/mol. The second-order valence-electron chi connectivity index (χ2n) is 5.27. The molecule has 118 valence electrons. The van der Waals surface area contributed by atoms with E-state index in [1.54, 1.807) is 18.6 Å². The second kappa shape index (κ2) is 7.51. The number of nitrogens with zero attached hydrogens (tertiary/aromatic N) is 3. The number of hydrogen-bond donors (Lipinski definition) is 4. The van der Waals surface area contributed by atoms with Crippen molar-refractivity contribution in [2.45, 2.75) is 38.9 Å². The van der Waals surface area contributed by atoms with Gasteiger partial charge >= 0.3 is 5.97 Å². The van der Waals surface area contributed by atoms with Crippen molar-refractivity contribution in [2.75, 3.05) is 5.32 Å². The van der Waals surface area contributed by atoms with Crippen molar-refractivity contribution >= 4 is 11.9 Å². The molecule has 0 fully saturated rings. The van der Waals surface area contributed by atoms with Crippen LogP contribution in [0.3, 0.4) is 0 Å². The van der Waals surface area contributed by atoms with Crippen LogP contribution in [0.5, 0.6) is 0 Å². The van der Waals surface area contributed by atoms with E-state index in [9.17, 15) is 9.90 Å². The van der Waals surface area contributed by atoms with Gasteiger partial charge in [0.15, 0.2) is 0 Å². The number of nitrogens with one attached hydrogen (secondary N) is 3. The summed E-state index contributed by atoms with van der Waals surface area (Å²) in [6.07, 6.45) is 6.85. The lowest BCUT2D eigenvalue weighted by atomic mass is 10.1. The third-order valence-electron chi connectivity index (χ3n) is 2.95. The van der Waals surface area contributed by atoms with Crippen LogP contribution in [-0.2, 0) is 17.8 Å². The molecule has 0 bridgehead atoms. The maximum absolute atomic E-state index is 11.3. The second-order valence-corrected chi connectivity index (χ2v) is 5.27. The highest BCUT2D eigenvalue weighted by atomic mass is 16.4. The van der Waals surface area contributed by atoms with Gasteiger partial charge < -0.3 is 15.4 Å². The van der Waals surface area contributed by atoms with Gasteiger partial charge in [-0.05, 0) is 13.8 Å². The van der Waals surface area contributed by atoms with Crippen molar-refractivity contribution in [3.05, 3.63) is 36.2 Å². The molecule has 8 heteroatoms. The summed E-state index contributed by atoms with van der Waals surface area (Å²) >= 11 is 0. The molecule has 0 spiro atoms. The molecule has 2 aromatic rings. The summed E-state index contributed by atoms with van der Waals surface area (Å²) in [5, 5.41) is 15.3. The van der Waals surface area contributed by atoms with Gasteiger partial charge in [-0.15, -0.1) is 0 Å². The number of carbonyl (C=O) groups is 1. The Morgan fingerprint density at radius 3 is 2.59 bits per heavy atom. The molecule has 0 amide bonds. The molecule has 2 aromatic heterocycles. The molecule has 0 radical (unpaired) electrons. The lowest BCUT2D eigenvalue weighted by molar-refractivity contribution is -0.139.